The third kappa shape index (κ3) is 3.24. The monoisotopic (exact) mass is 297 g/mol. The highest BCUT2D eigenvalue weighted by molar-refractivity contribution is 6.31. The van der Waals surface area contributed by atoms with Crippen LogP contribution in [0, 0.1) is 16.0 Å². The van der Waals surface area contributed by atoms with Crippen molar-refractivity contribution in [2.75, 3.05) is 10.6 Å². The summed E-state index contributed by atoms with van der Waals surface area (Å²) in [7, 11) is 0. The highest BCUT2D eigenvalue weighted by Gasteiger charge is 2.53. The van der Waals surface area contributed by atoms with Crippen molar-refractivity contribution in [1.82, 2.24) is 0 Å². The molecule has 0 aromatic heterocycles. The predicted octanol–water partition coefficient (Wildman–Crippen LogP) is 1.90. The van der Waals surface area contributed by atoms with Gasteiger partial charge in [-0.25, -0.2) is 0 Å². The zero-order chi connectivity index (χ0) is 14.9. The van der Waals surface area contributed by atoms with Gasteiger partial charge in [-0.2, -0.15) is 0 Å². The summed E-state index contributed by atoms with van der Waals surface area (Å²) in [6.45, 7) is 1.34. The summed E-state index contributed by atoms with van der Waals surface area (Å²) in [5.74, 6) is -1.37. The molecule has 2 amide bonds. The fourth-order valence-electron chi connectivity index (χ4n) is 1.84. The van der Waals surface area contributed by atoms with E-state index in [1.807, 2.05) is 0 Å². The average Bonchev–Trinajstić information content (AvgIpc) is 3.12. The number of carbonyl (C=O) groups is 2. The number of carbonyl (C=O) groups excluding carboxylic acids is 2. The van der Waals surface area contributed by atoms with Crippen LogP contribution in [0.3, 0.4) is 0 Å². The molecular weight excluding hydrogens is 286 g/mol. The van der Waals surface area contributed by atoms with E-state index in [0.717, 1.165) is 0 Å². The minimum atomic E-state index is -0.821. The number of hydrogen-bond acceptors (Lipinski definition) is 4. The number of rotatable bonds is 4. The standard InChI is InChI=1S/C12H12ClN3O4/c1-6(17)14-9-3-2-7(13)4-10(9)15-12(18)8-5-11(8)16(19)20/h2-4,8,11H,5H2,1H3,(H,14,17)(H,15,18)/t8-,11-/m0/s1. The summed E-state index contributed by atoms with van der Waals surface area (Å²) in [6, 6.07) is 3.78. The average molecular weight is 298 g/mol. The van der Waals surface area contributed by atoms with Gasteiger partial charge in [-0.05, 0) is 18.2 Å². The molecule has 8 heteroatoms. The third-order valence-corrected chi connectivity index (χ3v) is 3.15. The molecule has 0 aliphatic heterocycles. The Morgan fingerprint density at radius 2 is 2.05 bits per heavy atom. The number of hydrogen-bond donors (Lipinski definition) is 2. The summed E-state index contributed by atoms with van der Waals surface area (Å²) < 4.78 is 0. The van der Waals surface area contributed by atoms with Gasteiger partial charge in [-0.1, -0.05) is 11.6 Å². The number of nitrogens with zero attached hydrogens (tertiary/aromatic N) is 1. The first kappa shape index (κ1) is 14.3. The van der Waals surface area contributed by atoms with Crippen molar-refractivity contribution in [3.63, 3.8) is 0 Å². The van der Waals surface area contributed by atoms with Gasteiger partial charge in [0.05, 0.1) is 11.4 Å². The Kier molecular flexibility index (Phi) is 3.89. The smallest absolute Gasteiger partial charge is 0.234 e. The molecule has 0 bridgehead atoms. The molecule has 0 spiro atoms. The van der Waals surface area contributed by atoms with Gasteiger partial charge < -0.3 is 10.6 Å². The molecule has 1 aliphatic rings. The summed E-state index contributed by atoms with van der Waals surface area (Å²) in [5.41, 5.74) is 0.722. The molecule has 1 aromatic rings. The van der Waals surface area contributed by atoms with Crippen LogP contribution in [-0.2, 0) is 9.59 Å². The van der Waals surface area contributed by atoms with E-state index in [2.05, 4.69) is 10.6 Å². The SMILES string of the molecule is CC(=O)Nc1ccc(Cl)cc1NC(=O)[C@H]1C[C@@H]1[N+](=O)[O-]. The normalized spacial score (nSPS) is 20.1. The Bertz CT molecular complexity index is 590. The van der Waals surface area contributed by atoms with Gasteiger partial charge in [0, 0.05) is 23.3 Å². The fraction of sp³-hybridized carbons (Fsp3) is 0.333. The van der Waals surface area contributed by atoms with Crippen LogP contribution in [0.1, 0.15) is 13.3 Å². The Morgan fingerprint density at radius 3 is 2.60 bits per heavy atom. The van der Waals surface area contributed by atoms with Gasteiger partial charge in [0.2, 0.25) is 17.9 Å². The van der Waals surface area contributed by atoms with Crippen molar-refractivity contribution < 1.29 is 14.5 Å². The summed E-state index contributed by atoms with van der Waals surface area (Å²) >= 11 is 5.84. The van der Waals surface area contributed by atoms with Crippen LogP contribution >= 0.6 is 11.6 Å². The lowest BCUT2D eigenvalue weighted by molar-refractivity contribution is -0.497. The Labute approximate surface area is 119 Å². The zero-order valence-corrected chi connectivity index (χ0v) is 11.3. The second-order valence-corrected chi connectivity index (χ2v) is 4.99. The molecule has 0 heterocycles. The quantitative estimate of drug-likeness (QED) is 0.654. The number of halogens is 1. The number of nitro groups is 1. The Morgan fingerprint density at radius 1 is 1.35 bits per heavy atom. The van der Waals surface area contributed by atoms with E-state index < -0.39 is 22.8 Å². The summed E-state index contributed by atoms with van der Waals surface area (Å²) in [5, 5.41) is 16.0. The molecule has 0 unspecified atom stereocenters. The fourth-order valence-corrected chi connectivity index (χ4v) is 2.01. The minimum Gasteiger partial charge on any atom is -0.325 e. The van der Waals surface area contributed by atoms with Gasteiger partial charge in [-0.15, -0.1) is 0 Å². The molecule has 0 radical (unpaired) electrons. The summed E-state index contributed by atoms with van der Waals surface area (Å²) in [4.78, 5) is 33.0. The van der Waals surface area contributed by atoms with E-state index in [-0.39, 0.29) is 12.3 Å². The van der Waals surface area contributed by atoms with Gasteiger partial charge >= 0.3 is 0 Å². The van der Waals surface area contributed by atoms with Crippen LogP contribution in [0.25, 0.3) is 0 Å². The van der Waals surface area contributed by atoms with E-state index in [9.17, 15) is 19.7 Å². The number of amides is 2. The highest BCUT2D eigenvalue weighted by Crippen LogP contribution is 2.35. The molecule has 2 atom stereocenters. The van der Waals surface area contributed by atoms with Crippen molar-refractivity contribution in [3.8, 4) is 0 Å². The van der Waals surface area contributed by atoms with E-state index in [4.69, 9.17) is 11.6 Å². The van der Waals surface area contributed by atoms with Crippen molar-refractivity contribution in [2.45, 2.75) is 19.4 Å². The maximum Gasteiger partial charge on any atom is 0.234 e. The predicted molar refractivity (Wildman–Crippen MR) is 73.3 cm³/mol. The van der Waals surface area contributed by atoms with Crippen molar-refractivity contribution in [2.24, 2.45) is 5.92 Å². The zero-order valence-electron chi connectivity index (χ0n) is 10.6. The molecule has 106 valence electrons. The van der Waals surface area contributed by atoms with Crippen LogP contribution in [0.4, 0.5) is 11.4 Å². The van der Waals surface area contributed by atoms with Crippen molar-refractivity contribution in [3.05, 3.63) is 33.3 Å². The first-order valence-corrected chi connectivity index (χ1v) is 6.28. The maximum atomic E-state index is 11.9. The van der Waals surface area contributed by atoms with Crippen molar-refractivity contribution in [1.29, 1.82) is 0 Å². The van der Waals surface area contributed by atoms with E-state index in [1.54, 1.807) is 12.1 Å². The molecule has 2 N–H and O–H groups in total. The van der Waals surface area contributed by atoms with Crippen LogP contribution in [0.15, 0.2) is 18.2 Å². The van der Waals surface area contributed by atoms with E-state index in [1.165, 1.54) is 13.0 Å². The molecular formula is C12H12ClN3O4. The molecule has 1 aromatic carbocycles. The van der Waals surface area contributed by atoms with Crippen LogP contribution in [0.2, 0.25) is 5.02 Å². The second kappa shape index (κ2) is 5.46. The lowest BCUT2D eigenvalue weighted by Gasteiger charge is -2.11. The van der Waals surface area contributed by atoms with Gasteiger partial charge in [0.25, 0.3) is 0 Å². The largest absolute Gasteiger partial charge is 0.325 e. The van der Waals surface area contributed by atoms with Gasteiger partial charge in [0.1, 0.15) is 5.92 Å². The van der Waals surface area contributed by atoms with Gasteiger partial charge in [0.15, 0.2) is 0 Å². The van der Waals surface area contributed by atoms with Gasteiger partial charge in [-0.3, -0.25) is 19.7 Å². The van der Waals surface area contributed by atoms with E-state index in [0.29, 0.717) is 16.4 Å². The van der Waals surface area contributed by atoms with Crippen LogP contribution in [-0.4, -0.2) is 22.8 Å². The van der Waals surface area contributed by atoms with Crippen LogP contribution < -0.4 is 10.6 Å². The minimum absolute atomic E-state index is 0.231. The molecule has 7 nitrogen and oxygen atoms in total. The Hall–Kier alpha value is -2.15. The number of benzene rings is 1. The molecule has 0 saturated heterocycles. The van der Waals surface area contributed by atoms with Crippen LogP contribution in [0.5, 0.6) is 0 Å². The topological polar surface area (TPSA) is 101 Å². The lowest BCUT2D eigenvalue weighted by atomic mass is 10.2. The molecule has 1 fully saturated rings. The maximum absolute atomic E-state index is 11.9. The molecule has 1 aliphatic carbocycles. The third-order valence-electron chi connectivity index (χ3n) is 2.91. The molecule has 1 saturated carbocycles. The first-order chi connectivity index (χ1) is 9.38. The lowest BCUT2D eigenvalue weighted by Crippen LogP contribution is -2.19. The highest BCUT2D eigenvalue weighted by atomic mass is 35.5. The van der Waals surface area contributed by atoms with E-state index >= 15 is 0 Å². The summed E-state index contributed by atoms with van der Waals surface area (Å²) in [6.07, 6.45) is 0.231. The molecule has 20 heavy (non-hydrogen) atoms. The Balaban J connectivity index is 2.12. The first-order valence-electron chi connectivity index (χ1n) is 5.90. The number of nitrogens with one attached hydrogen (secondary N) is 2. The van der Waals surface area contributed by atoms with Crippen molar-refractivity contribution >= 4 is 34.8 Å². The number of anilines is 2. The molecule has 2 rings (SSSR count). The second-order valence-electron chi connectivity index (χ2n) is 4.56.